The summed E-state index contributed by atoms with van der Waals surface area (Å²) in [6.45, 7) is 9.22. The molecule has 0 radical (unpaired) electrons. The SMILES string of the molecule is CN(C(=O)NC(CCN(CCCCc1ccc2c(n1)NCCC2)CCOc1ccccc1)C(=O)O)C(C)(C)C. The molecule has 214 valence electrons. The van der Waals surface area contributed by atoms with Crippen LogP contribution in [-0.2, 0) is 17.6 Å². The second-order valence-electron chi connectivity index (χ2n) is 11.2. The maximum absolute atomic E-state index is 12.6. The van der Waals surface area contributed by atoms with Gasteiger partial charge in [-0.15, -0.1) is 0 Å². The Bertz CT molecular complexity index is 1060. The highest BCUT2D eigenvalue weighted by molar-refractivity contribution is 5.82. The van der Waals surface area contributed by atoms with Crippen LogP contribution in [0.1, 0.15) is 57.7 Å². The van der Waals surface area contributed by atoms with Gasteiger partial charge in [-0.3, -0.25) is 4.90 Å². The minimum absolute atomic E-state index is 0.308. The minimum atomic E-state index is -1.03. The summed E-state index contributed by atoms with van der Waals surface area (Å²) < 4.78 is 5.90. The van der Waals surface area contributed by atoms with Gasteiger partial charge in [-0.05, 0) is 89.6 Å². The molecular formula is C30H45N5O4. The number of urea groups is 1. The number of aryl methyl sites for hydroxylation is 2. The quantitative estimate of drug-likeness (QED) is 0.305. The van der Waals surface area contributed by atoms with E-state index < -0.39 is 17.6 Å². The summed E-state index contributed by atoms with van der Waals surface area (Å²) in [4.78, 5) is 33.1. The van der Waals surface area contributed by atoms with Crippen LogP contribution in [0.25, 0.3) is 0 Å². The molecule has 1 aliphatic rings. The zero-order valence-corrected chi connectivity index (χ0v) is 23.9. The van der Waals surface area contributed by atoms with Crippen molar-refractivity contribution in [3.63, 3.8) is 0 Å². The van der Waals surface area contributed by atoms with Gasteiger partial charge in [0.1, 0.15) is 24.2 Å². The zero-order chi connectivity index (χ0) is 28.3. The van der Waals surface area contributed by atoms with Crippen molar-refractivity contribution < 1.29 is 19.4 Å². The molecule has 1 aromatic heterocycles. The highest BCUT2D eigenvalue weighted by Gasteiger charge is 2.27. The number of amides is 2. The first-order valence-electron chi connectivity index (χ1n) is 14.0. The number of nitrogens with zero attached hydrogens (tertiary/aromatic N) is 3. The first kappa shape index (κ1) is 30.2. The predicted molar refractivity (Wildman–Crippen MR) is 154 cm³/mol. The summed E-state index contributed by atoms with van der Waals surface area (Å²) >= 11 is 0. The number of benzene rings is 1. The summed E-state index contributed by atoms with van der Waals surface area (Å²) in [5.41, 5.74) is 1.98. The minimum Gasteiger partial charge on any atom is -0.492 e. The Hall–Kier alpha value is -3.33. The number of pyridine rings is 1. The Morgan fingerprint density at radius 2 is 1.87 bits per heavy atom. The van der Waals surface area contributed by atoms with Crippen LogP contribution >= 0.6 is 0 Å². The third kappa shape index (κ3) is 10.1. The highest BCUT2D eigenvalue weighted by Crippen LogP contribution is 2.20. The Morgan fingerprint density at radius 3 is 2.59 bits per heavy atom. The van der Waals surface area contributed by atoms with Crippen LogP contribution < -0.4 is 15.4 Å². The number of carboxylic acid groups (broad SMARTS) is 1. The number of anilines is 1. The first-order chi connectivity index (χ1) is 18.6. The van der Waals surface area contributed by atoms with Crippen molar-refractivity contribution in [3.8, 4) is 5.75 Å². The monoisotopic (exact) mass is 539 g/mol. The van der Waals surface area contributed by atoms with Crippen LogP contribution in [0.5, 0.6) is 5.75 Å². The fourth-order valence-corrected chi connectivity index (χ4v) is 4.41. The average molecular weight is 540 g/mol. The normalized spacial score (nSPS) is 13.8. The molecule has 1 aliphatic heterocycles. The molecule has 0 fully saturated rings. The molecule has 2 amide bonds. The smallest absolute Gasteiger partial charge is 0.326 e. The number of para-hydroxylation sites is 1. The molecule has 2 aromatic rings. The molecule has 39 heavy (non-hydrogen) atoms. The van der Waals surface area contributed by atoms with Gasteiger partial charge in [0.2, 0.25) is 0 Å². The molecule has 3 rings (SSSR count). The predicted octanol–water partition coefficient (Wildman–Crippen LogP) is 4.43. The van der Waals surface area contributed by atoms with E-state index in [-0.39, 0.29) is 6.03 Å². The number of aromatic nitrogens is 1. The third-order valence-corrected chi connectivity index (χ3v) is 7.17. The van der Waals surface area contributed by atoms with E-state index in [0.29, 0.717) is 26.1 Å². The zero-order valence-electron chi connectivity index (χ0n) is 23.9. The number of hydrogen-bond donors (Lipinski definition) is 3. The molecular weight excluding hydrogens is 494 g/mol. The molecule has 2 heterocycles. The molecule has 3 N–H and O–H groups in total. The van der Waals surface area contributed by atoms with Crippen LogP contribution in [0.3, 0.4) is 0 Å². The second-order valence-corrected chi connectivity index (χ2v) is 11.2. The van der Waals surface area contributed by atoms with Gasteiger partial charge in [-0.1, -0.05) is 24.3 Å². The van der Waals surface area contributed by atoms with Crippen molar-refractivity contribution in [1.82, 2.24) is 20.1 Å². The van der Waals surface area contributed by atoms with Crippen molar-refractivity contribution in [2.45, 2.75) is 70.9 Å². The van der Waals surface area contributed by atoms with Crippen LogP contribution in [0, 0.1) is 0 Å². The van der Waals surface area contributed by atoms with Gasteiger partial charge in [-0.25, -0.2) is 14.6 Å². The Balaban J connectivity index is 1.53. The number of nitrogens with one attached hydrogen (secondary N) is 2. The molecule has 1 unspecified atom stereocenters. The number of aliphatic carboxylic acids is 1. The van der Waals surface area contributed by atoms with Crippen LogP contribution in [-0.4, -0.2) is 83.3 Å². The van der Waals surface area contributed by atoms with Gasteiger partial charge in [-0.2, -0.15) is 0 Å². The molecule has 9 heteroatoms. The molecule has 0 spiro atoms. The number of hydrogen-bond acceptors (Lipinski definition) is 6. The number of fused-ring (bicyclic) bond motifs is 1. The number of unbranched alkanes of at least 4 members (excludes halogenated alkanes) is 1. The lowest BCUT2D eigenvalue weighted by Gasteiger charge is -2.33. The number of carboxylic acids is 1. The summed E-state index contributed by atoms with van der Waals surface area (Å²) in [6, 6.07) is 12.6. The van der Waals surface area contributed by atoms with E-state index in [1.54, 1.807) is 7.05 Å². The average Bonchev–Trinajstić information content (AvgIpc) is 2.92. The fourth-order valence-electron chi connectivity index (χ4n) is 4.41. The molecule has 0 saturated carbocycles. The van der Waals surface area contributed by atoms with Crippen molar-refractivity contribution in [2.75, 3.05) is 45.2 Å². The largest absolute Gasteiger partial charge is 0.492 e. The van der Waals surface area contributed by atoms with Crippen molar-refractivity contribution >= 4 is 17.8 Å². The molecule has 1 atom stereocenters. The van der Waals surface area contributed by atoms with Crippen LogP contribution in [0.4, 0.5) is 10.6 Å². The van der Waals surface area contributed by atoms with E-state index in [1.807, 2.05) is 51.1 Å². The topological polar surface area (TPSA) is 107 Å². The lowest BCUT2D eigenvalue weighted by Crippen LogP contribution is -2.53. The summed E-state index contributed by atoms with van der Waals surface area (Å²) in [5.74, 6) is 0.806. The van der Waals surface area contributed by atoms with Crippen LogP contribution in [0.15, 0.2) is 42.5 Å². The molecule has 0 saturated heterocycles. The Labute approximate surface area is 232 Å². The van der Waals surface area contributed by atoms with Crippen LogP contribution in [0.2, 0.25) is 0 Å². The summed E-state index contributed by atoms with van der Waals surface area (Å²) in [6.07, 6.45) is 5.38. The third-order valence-electron chi connectivity index (χ3n) is 7.17. The van der Waals surface area contributed by atoms with E-state index in [1.165, 1.54) is 10.5 Å². The number of ether oxygens (including phenoxy) is 1. The van der Waals surface area contributed by atoms with Gasteiger partial charge < -0.3 is 25.4 Å². The maximum atomic E-state index is 12.6. The lowest BCUT2D eigenvalue weighted by molar-refractivity contribution is -0.139. The van der Waals surface area contributed by atoms with Crippen molar-refractivity contribution in [1.29, 1.82) is 0 Å². The fraction of sp³-hybridized carbons (Fsp3) is 0.567. The highest BCUT2D eigenvalue weighted by atomic mass is 16.5. The van der Waals surface area contributed by atoms with E-state index in [9.17, 15) is 14.7 Å². The molecule has 0 bridgehead atoms. The van der Waals surface area contributed by atoms with E-state index in [0.717, 1.165) is 62.5 Å². The number of carbonyl (C=O) groups is 2. The lowest BCUT2D eigenvalue weighted by atomic mass is 10.1. The Kier molecular flexibility index (Phi) is 11.4. The number of rotatable bonds is 14. The van der Waals surface area contributed by atoms with Gasteiger partial charge >= 0.3 is 12.0 Å². The van der Waals surface area contributed by atoms with E-state index in [2.05, 4.69) is 27.7 Å². The molecule has 1 aromatic carbocycles. The van der Waals surface area contributed by atoms with Gasteiger partial charge in [0, 0.05) is 37.9 Å². The van der Waals surface area contributed by atoms with Crippen molar-refractivity contribution in [2.24, 2.45) is 0 Å². The maximum Gasteiger partial charge on any atom is 0.326 e. The standard InChI is InChI=1S/C30H45N5O4/c1-30(2,3)34(4)29(38)33-26(28(36)37)17-20-35(21-22-39-25-13-6-5-7-14-25)19-9-8-12-24-16-15-23-11-10-18-31-27(23)32-24/h5-7,13-16,26H,8-12,17-22H2,1-4H3,(H,31,32)(H,33,38)(H,36,37). The van der Waals surface area contributed by atoms with Crippen molar-refractivity contribution in [3.05, 3.63) is 53.7 Å². The Morgan fingerprint density at radius 1 is 1.10 bits per heavy atom. The van der Waals surface area contributed by atoms with Gasteiger partial charge in [0.05, 0.1) is 0 Å². The summed E-state index contributed by atoms with van der Waals surface area (Å²) in [7, 11) is 1.68. The first-order valence-corrected chi connectivity index (χ1v) is 14.0. The molecule has 9 nitrogen and oxygen atoms in total. The van der Waals surface area contributed by atoms with E-state index in [4.69, 9.17) is 9.72 Å². The molecule has 0 aliphatic carbocycles. The van der Waals surface area contributed by atoms with E-state index >= 15 is 0 Å². The summed E-state index contributed by atoms with van der Waals surface area (Å²) in [5, 5.41) is 15.9. The second kappa shape index (κ2) is 14.7. The van der Waals surface area contributed by atoms with Gasteiger partial charge in [0.15, 0.2) is 0 Å². The van der Waals surface area contributed by atoms with Gasteiger partial charge in [0.25, 0.3) is 0 Å². The number of carbonyl (C=O) groups excluding carboxylic acids is 1.